The number of unbranched alkanes of at least 4 members (excludes halogenated alkanes) is 1. The molecule has 1 aromatic rings. The molecule has 1 rings (SSSR count). The van der Waals surface area contributed by atoms with Crippen molar-refractivity contribution in [2.45, 2.75) is 26.7 Å². The van der Waals surface area contributed by atoms with E-state index in [1.807, 2.05) is 32.0 Å². The van der Waals surface area contributed by atoms with E-state index in [4.69, 9.17) is 14.7 Å². The lowest BCUT2D eigenvalue weighted by Crippen LogP contribution is -2.07. The zero-order valence-corrected chi connectivity index (χ0v) is 12.1. The summed E-state index contributed by atoms with van der Waals surface area (Å²) in [6.45, 7) is 4.25. The van der Waals surface area contributed by atoms with E-state index in [2.05, 4.69) is 0 Å². The molecule has 0 radical (unpaired) electrons. The van der Waals surface area contributed by atoms with Gasteiger partial charge in [-0.05, 0) is 42.7 Å². The largest absolute Gasteiger partial charge is 0.497 e. The Morgan fingerprint density at radius 3 is 2.75 bits per heavy atom. The topological polar surface area (TPSA) is 59.3 Å². The highest BCUT2D eigenvalue weighted by Gasteiger charge is 2.11. The van der Waals surface area contributed by atoms with Gasteiger partial charge in [-0.3, -0.25) is 0 Å². The molecule has 0 unspecified atom stereocenters. The fourth-order valence-electron chi connectivity index (χ4n) is 1.62. The Balaban J connectivity index is 2.89. The van der Waals surface area contributed by atoms with E-state index in [0.29, 0.717) is 6.61 Å². The smallest absolute Gasteiger partial charge is 0.348 e. The molecule has 0 saturated heterocycles. The Kier molecular flexibility index (Phi) is 6.31. The lowest BCUT2D eigenvalue weighted by Gasteiger charge is -2.06. The van der Waals surface area contributed by atoms with Crippen LogP contribution < -0.4 is 4.74 Å². The Hall–Kier alpha value is -2.28. The summed E-state index contributed by atoms with van der Waals surface area (Å²) in [6.07, 6.45) is 3.28. The number of carbonyl (C=O) groups is 1. The lowest BCUT2D eigenvalue weighted by atomic mass is 10.1. The number of ether oxygens (including phenoxy) is 2. The highest BCUT2D eigenvalue weighted by molar-refractivity contribution is 5.98. The number of rotatable bonds is 6. The molecule has 1 aromatic carbocycles. The first-order chi connectivity index (χ1) is 9.62. The molecule has 4 heteroatoms. The normalized spacial score (nSPS) is 10.8. The molecule has 0 saturated carbocycles. The van der Waals surface area contributed by atoms with Gasteiger partial charge in [0.15, 0.2) is 0 Å². The highest BCUT2D eigenvalue weighted by atomic mass is 16.5. The van der Waals surface area contributed by atoms with Crippen molar-refractivity contribution in [1.82, 2.24) is 0 Å². The van der Waals surface area contributed by atoms with Crippen molar-refractivity contribution in [2.75, 3.05) is 13.7 Å². The first-order valence-corrected chi connectivity index (χ1v) is 6.56. The van der Waals surface area contributed by atoms with E-state index in [0.717, 1.165) is 29.7 Å². The third kappa shape index (κ3) is 4.43. The van der Waals surface area contributed by atoms with Crippen molar-refractivity contribution in [3.05, 3.63) is 34.9 Å². The van der Waals surface area contributed by atoms with Crippen LogP contribution in [0.4, 0.5) is 0 Å². The van der Waals surface area contributed by atoms with Crippen LogP contribution in [0.1, 0.15) is 30.9 Å². The Morgan fingerprint density at radius 1 is 1.45 bits per heavy atom. The fraction of sp³-hybridized carbons (Fsp3) is 0.375. The van der Waals surface area contributed by atoms with Crippen molar-refractivity contribution >= 4 is 12.0 Å². The lowest BCUT2D eigenvalue weighted by molar-refractivity contribution is -0.138. The first kappa shape index (κ1) is 15.8. The van der Waals surface area contributed by atoms with Crippen LogP contribution in [0.3, 0.4) is 0 Å². The molecular formula is C16H19NO3. The molecule has 0 heterocycles. The third-order valence-electron chi connectivity index (χ3n) is 2.85. The number of methoxy groups -OCH3 is 1. The van der Waals surface area contributed by atoms with E-state index in [-0.39, 0.29) is 5.57 Å². The molecule has 0 aromatic heterocycles. The molecule has 106 valence electrons. The maximum atomic E-state index is 11.8. The van der Waals surface area contributed by atoms with Gasteiger partial charge >= 0.3 is 5.97 Å². The number of hydrogen-bond acceptors (Lipinski definition) is 4. The molecule has 0 spiro atoms. The van der Waals surface area contributed by atoms with E-state index in [9.17, 15) is 4.79 Å². The minimum atomic E-state index is -0.573. The van der Waals surface area contributed by atoms with E-state index in [1.165, 1.54) is 0 Å². The molecule has 0 N–H and O–H groups in total. The van der Waals surface area contributed by atoms with Crippen LogP contribution in [0.15, 0.2) is 23.8 Å². The number of aryl methyl sites for hydroxylation is 1. The summed E-state index contributed by atoms with van der Waals surface area (Å²) in [7, 11) is 1.59. The van der Waals surface area contributed by atoms with Gasteiger partial charge in [0.05, 0.1) is 13.7 Å². The van der Waals surface area contributed by atoms with Gasteiger partial charge in [0, 0.05) is 0 Å². The number of nitrogens with zero attached hydrogens (tertiary/aromatic N) is 1. The summed E-state index contributed by atoms with van der Waals surface area (Å²) >= 11 is 0. The third-order valence-corrected chi connectivity index (χ3v) is 2.85. The summed E-state index contributed by atoms with van der Waals surface area (Å²) in [6, 6.07) is 7.34. The summed E-state index contributed by atoms with van der Waals surface area (Å²) < 4.78 is 10.2. The van der Waals surface area contributed by atoms with Gasteiger partial charge in [0.2, 0.25) is 0 Å². The van der Waals surface area contributed by atoms with Crippen molar-refractivity contribution < 1.29 is 14.3 Å². The molecule has 0 amide bonds. The van der Waals surface area contributed by atoms with Crippen molar-refractivity contribution in [3.63, 3.8) is 0 Å². The molecule has 0 aliphatic carbocycles. The van der Waals surface area contributed by atoms with Gasteiger partial charge < -0.3 is 9.47 Å². The molecule has 0 fully saturated rings. The van der Waals surface area contributed by atoms with Gasteiger partial charge in [-0.15, -0.1) is 0 Å². The van der Waals surface area contributed by atoms with Crippen LogP contribution in [0.2, 0.25) is 0 Å². The molecule has 0 bridgehead atoms. The minimum Gasteiger partial charge on any atom is -0.497 e. The van der Waals surface area contributed by atoms with Crippen molar-refractivity contribution in [1.29, 1.82) is 5.26 Å². The number of carbonyl (C=O) groups excluding carboxylic acids is 1. The van der Waals surface area contributed by atoms with Crippen molar-refractivity contribution in [3.8, 4) is 11.8 Å². The molecular weight excluding hydrogens is 254 g/mol. The second-order valence-corrected chi connectivity index (χ2v) is 4.38. The van der Waals surface area contributed by atoms with Crippen LogP contribution in [0.5, 0.6) is 5.75 Å². The Labute approximate surface area is 119 Å². The van der Waals surface area contributed by atoms with Gasteiger partial charge in [0.1, 0.15) is 17.4 Å². The molecule has 20 heavy (non-hydrogen) atoms. The van der Waals surface area contributed by atoms with Gasteiger partial charge in [-0.2, -0.15) is 5.26 Å². The minimum absolute atomic E-state index is 0.00868. The van der Waals surface area contributed by atoms with Crippen LogP contribution in [0.25, 0.3) is 6.08 Å². The zero-order chi connectivity index (χ0) is 15.0. The Bertz CT molecular complexity index is 541. The Morgan fingerprint density at radius 2 is 2.20 bits per heavy atom. The van der Waals surface area contributed by atoms with Gasteiger partial charge in [-0.1, -0.05) is 19.4 Å². The molecule has 0 aliphatic heterocycles. The van der Waals surface area contributed by atoms with E-state index < -0.39 is 5.97 Å². The SMILES string of the molecule is CCCCOC(=O)/C(C#N)=C/c1ccc(OC)cc1C. The summed E-state index contributed by atoms with van der Waals surface area (Å²) in [5.41, 5.74) is 1.74. The van der Waals surface area contributed by atoms with E-state index in [1.54, 1.807) is 19.3 Å². The molecule has 4 nitrogen and oxygen atoms in total. The second-order valence-electron chi connectivity index (χ2n) is 4.38. The predicted molar refractivity (Wildman–Crippen MR) is 77.2 cm³/mol. The second kappa shape index (κ2) is 8.00. The fourth-order valence-corrected chi connectivity index (χ4v) is 1.62. The highest BCUT2D eigenvalue weighted by Crippen LogP contribution is 2.19. The number of esters is 1. The maximum absolute atomic E-state index is 11.8. The van der Waals surface area contributed by atoms with E-state index >= 15 is 0 Å². The van der Waals surface area contributed by atoms with Crippen molar-refractivity contribution in [2.24, 2.45) is 0 Å². The monoisotopic (exact) mass is 273 g/mol. The van der Waals surface area contributed by atoms with Crippen LogP contribution >= 0.6 is 0 Å². The first-order valence-electron chi connectivity index (χ1n) is 6.56. The molecule has 0 atom stereocenters. The summed E-state index contributed by atoms with van der Waals surface area (Å²) in [4.78, 5) is 11.8. The standard InChI is InChI=1S/C16H19NO3/c1-4-5-8-20-16(18)14(11-17)10-13-6-7-15(19-3)9-12(13)2/h6-7,9-10H,4-5,8H2,1-3H3/b14-10+. The maximum Gasteiger partial charge on any atom is 0.348 e. The average molecular weight is 273 g/mol. The number of hydrogen-bond donors (Lipinski definition) is 0. The van der Waals surface area contributed by atoms with Crippen LogP contribution in [0, 0.1) is 18.3 Å². The summed E-state index contributed by atoms with van der Waals surface area (Å²) in [5.74, 6) is 0.167. The quantitative estimate of drug-likeness (QED) is 0.345. The number of benzene rings is 1. The average Bonchev–Trinajstić information content (AvgIpc) is 2.46. The van der Waals surface area contributed by atoms with Gasteiger partial charge in [-0.25, -0.2) is 4.79 Å². The van der Waals surface area contributed by atoms with Gasteiger partial charge in [0.25, 0.3) is 0 Å². The number of nitriles is 1. The zero-order valence-electron chi connectivity index (χ0n) is 12.1. The van der Waals surface area contributed by atoms with Crippen LogP contribution in [-0.4, -0.2) is 19.7 Å². The van der Waals surface area contributed by atoms with Crippen LogP contribution in [-0.2, 0) is 9.53 Å². The molecule has 0 aliphatic rings. The summed E-state index contributed by atoms with van der Waals surface area (Å²) in [5, 5.41) is 9.06. The predicted octanol–water partition coefficient (Wildman–Crippen LogP) is 3.25.